The first-order valence-electron chi connectivity index (χ1n) is 9.94. The van der Waals surface area contributed by atoms with Crippen LogP contribution in [0.15, 0.2) is 64.2 Å². The Kier molecular flexibility index (Phi) is 6.63. The van der Waals surface area contributed by atoms with Crippen LogP contribution < -0.4 is 19.7 Å². The number of methoxy groups -OCH3 is 1. The van der Waals surface area contributed by atoms with E-state index < -0.39 is 10.0 Å². The predicted octanol–water partition coefficient (Wildman–Crippen LogP) is 3.65. The third-order valence-electron chi connectivity index (χ3n) is 4.99. The van der Waals surface area contributed by atoms with Gasteiger partial charge in [-0.3, -0.25) is 9.52 Å². The third-order valence-corrected chi connectivity index (χ3v) is 7.07. The number of nitrogens with zero attached hydrogens (tertiary/aromatic N) is 1. The van der Waals surface area contributed by atoms with E-state index >= 15 is 0 Å². The number of hydrogen-bond donors (Lipinski definition) is 2. The van der Waals surface area contributed by atoms with Crippen LogP contribution in [0.3, 0.4) is 0 Å². The molecule has 0 spiro atoms. The molecule has 1 aliphatic heterocycles. The molecule has 8 nitrogen and oxygen atoms in total. The third kappa shape index (κ3) is 4.87. The van der Waals surface area contributed by atoms with Crippen molar-refractivity contribution in [3.05, 3.63) is 64.9 Å². The summed E-state index contributed by atoms with van der Waals surface area (Å²) in [5, 5.41) is 6.32. The monoisotopic (exact) mass is 473 g/mol. The lowest BCUT2D eigenvalue weighted by atomic mass is 10.2. The van der Waals surface area contributed by atoms with Gasteiger partial charge in [-0.1, -0.05) is 12.1 Å². The highest BCUT2D eigenvalue weighted by Gasteiger charge is 2.25. The van der Waals surface area contributed by atoms with Crippen LogP contribution >= 0.6 is 11.3 Å². The highest BCUT2D eigenvalue weighted by atomic mass is 32.2. The van der Waals surface area contributed by atoms with Gasteiger partial charge in [-0.05, 0) is 41.8 Å². The molecule has 2 aromatic carbocycles. The number of anilines is 3. The molecule has 2 heterocycles. The Bertz CT molecular complexity index is 1190. The van der Waals surface area contributed by atoms with Crippen molar-refractivity contribution in [3.8, 4) is 5.75 Å². The van der Waals surface area contributed by atoms with Gasteiger partial charge in [-0.2, -0.15) is 11.3 Å². The summed E-state index contributed by atoms with van der Waals surface area (Å²) in [7, 11) is -2.52. The van der Waals surface area contributed by atoms with Crippen molar-refractivity contribution in [3.63, 3.8) is 0 Å². The summed E-state index contributed by atoms with van der Waals surface area (Å²) in [5.41, 5.74) is 1.78. The lowest BCUT2D eigenvalue weighted by Crippen LogP contribution is -2.37. The quantitative estimate of drug-likeness (QED) is 0.544. The Balaban J connectivity index is 1.71. The van der Waals surface area contributed by atoms with Gasteiger partial charge < -0.3 is 19.7 Å². The van der Waals surface area contributed by atoms with E-state index in [1.165, 1.54) is 24.5 Å². The van der Waals surface area contributed by atoms with E-state index in [1.54, 1.807) is 47.8 Å². The van der Waals surface area contributed by atoms with Gasteiger partial charge in [-0.25, -0.2) is 8.42 Å². The van der Waals surface area contributed by atoms with Crippen LogP contribution in [0.25, 0.3) is 0 Å². The molecule has 1 amide bonds. The molecule has 1 saturated heterocycles. The summed E-state index contributed by atoms with van der Waals surface area (Å²) in [5.74, 6) is 0.109. The number of nitrogens with one attached hydrogen (secondary N) is 2. The highest BCUT2D eigenvalue weighted by molar-refractivity contribution is 7.93. The van der Waals surface area contributed by atoms with Gasteiger partial charge in [0, 0.05) is 24.2 Å². The Morgan fingerprint density at radius 1 is 1.12 bits per heavy atom. The topological polar surface area (TPSA) is 97.0 Å². The number of sulfonamides is 1. The summed E-state index contributed by atoms with van der Waals surface area (Å²) in [4.78, 5) is 14.5. The zero-order valence-corrected chi connectivity index (χ0v) is 19.0. The van der Waals surface area contributed by atoms with Gasteiger partial charge in [0.2, 0.25) is 0 Å². The van der Waals surface area contributed by atoms with E-state index in [1.807, 2.05) is 10.3 Å². The predicted molar refractivity (Wildman–Crippen MR) is 126 cm³/mol. The zero-order valence-electron chi connectivity index (χ0n) is 17.4. The molecular weight excluding hydrogens is 450 g/mol. The molecule has 0 saturated carbocycles. The molecule has 32 heavy (non-hydrogen) atoms. The number of morpholine rings is 1. The van der Waals surface area contributed by atoms with Crippen LogP contribution in [-0.4, -0.2) is 47.7 Å². The molecule has 1 aromatic heterocycles. The fourth-order valence-electron chi connectivity index (χ4n) is 3.40. The minimum atomic E-state index is -4.00. The molecule has 3 aromatic rings. The Labute approximate surface area is 190 Å². The fourth-order valence-corrected chi connectivity index (χ4v) is 5.36. The van der Waals surface area contributed by atoms with Crippen LogP contribution in [0.1, 0.15) is 10.4 Å². The van der Waals surface area contributed by atoms with Crippen molar-refractivity contribution in [2.24, 2.45) is 0 Å². The minimum Gasteiger partial charge on any atom is -0.495 e. The minimum absolute atomic E-state index is 0.0634. The summed E-state index contributed by atoms with van der Waals surface area (Å²) in [6.07, 6.45) is 0. The lowest BCUT2D eigenvalue weighted by Gasteiger charge is -2.30. The van der Waals surface area contributed by atoms with Crippen LogP contribution in [0.2, 0.25) is 0 Å². The van der Waals surface area contributed by atoms with Crippen molar-refractivity contribution in [2.75, 3.05) is 48.4 Å². The van der Waals surface area contributed by atoms with E-state index in [0.717, 1.165) is 0 Å². The molecular formula is C22H23N3O5S2. The Hall–Kier alpha value is -3.08. The normalized spacial score (nSPS) is 14.1. The molecule has 0 atom stereocenters. The second kappa shape index (κ2) is 9.60. The average molecular weight is 474 g/mol. The number of para-hydroxylation sites is 2. The standard InChI is InChI=1S/C22H23N3O5S2/c1-29-20-5-3-2-4-18(20)24-32(27,28)21-14-17(23-22(26)16-8-13-31-15-16)6-7-19(21)25-9-11-30-12-10-25/h2-8,13-15,24H,9-12H2,1H3,(H,23,26). The number of rotatable bonds is 7. The van der Waals surface area contributed by atoms with Crippen LogP contribution in [-0.2, 0) is 14.8 Å². The van der Waals surface area contributed by atoms with E-state index in [4.69, 9.17) is 9.47 Å². The van der Waals surface area contributed by atoms with Gasteiger partial charge in [0.25, 0.3) is 15.9 Å². The number of carbonyl (C=O) groups is 1. The van der Waals surface area contributed by atoms with Crippen LogP contribution in [0.4, 0.5) is 17.1 Å². The van der Waals surface area contributed by atoms with E-state index in [-0.39, 0.29) is 10.8 Å². The summed E-state index contributed by atoms with van der Waals surface area (Å²) in [6.45, 7) is 2.15. The molecule has 0 aliphatic carbocycles. The average Bonchev–Trinajstić information content (AvgIpc) is 3.35. The summed E-state index contributed by atoms with van der Waals surface area (Å²) >= 11 is 1.41. The molecule has 10 heteroatoms. The maximum Gasteiger partial charge on any atom is 0.264 e. The Morgan fingerprint density at radius 2 is 1.91 bits per heavy atom. The number of carbonyl (C=O) groups excluding carboxylic acids is 1. The summed E-state index contributed by atoms with van der Waals surface area (Å²) in [6, 6.07) is 13.4. The number of hydrogen-bond acceptors (Lipinski definition) is 7. The van der Waals surface area contributed by atoms with E-state index in [9.17, 15) is 13.2 Å². The van der Waals surface area contributed by atoms with Crippen molar-refractivity contribution in [1.29, 1.82) is 0 Å². The first-order valence-corrected chi connectivity index (χ1v) is 12.4. The van der Waals surface area contributed by atoms with Gasteiger partial charge in [0.1, 0.15) is 10.6 Å². The van der Waals surface area contributed by atoms with Crippen LogP contribution in [0.5, 0.6) is 5.75 Å². The van der Waals surface area contributed by atoms with Gasteiger partial charge in [0.15, 0.2) is 0 Å². The number of thiophene rings is 1. The number of benzene rings is 2. The lowest BCUT2D eigenvalue weighted by molar-refractivity contribution is 0.102. The second-order valence-electron chi connectivity index (χ2n) is 7.05. The molecule has 4 rings (SSSR count). The maximum absolute atomic E-state index is 13.5. The maximum atomic E-state index is 13.5. The molecule has 1 fully saturated rings. The largest absolute Gasteiger partial charge is 0.495 e. The molecule has 0 bridgehead atoms. The molecule has 168 valence electrons. The number of amides is 1. The van der Waals surface area contributed by atoms with Crippen LogP contribution in [0, 0.1) is 0 Å². The Morgan fingerprint density at radius 3 is 2.62 bits per heavy atom. The smallest absolute Gasteiger partial charge is 0.264 e. The van der Waals surface area contributed by atoms with Crippen molar-refractivity contribution in [2.45, 2.75) is 4.90 Å². The highest BCUT2D eigenvalue weighted by Crippen LogP contribution is 2.33. The first kappa shape index (κ1) is 22.1. The summed E-state index contributed by atoms with van der Waals surface area (Å²) < 4.78 is 40.2. The van der Waals surface area contributed by atoms with Crippen molar-refractivity contribution < 1.29 is 22.7 Å². The zero-order chi connectivity index (χ0) is 22.6. The fraction of sp³-hybridized carbons (Fsp3) is 0.227. The van der Waals surface area contributed by atoms with Gasteiger partial charge >= 0.3 is 0 Å². The van der Waals surface area contributed by atoms with Gasteiger partial charge in [-0.15, -0.1) is 0 Å². The molecule has 1 aliphatic rings. The second-order valence-corrected chi connectivity index (χ2v) is 9.48. The van der Waals surface area contributed by atoms with Crippen molar-refractivity contribution >= 4 is 44.3 Å². The number of ether oxygens (including phenoxy) is 2. The van der Waals surface area contributed by atoms with E-state index in [0.29, 0.717) is 54.7 Å². The first-order chi connectivity index (χ1) is 15.5. The molecule has 0 unspecified atom stereocenters. The molecule has 2 N–H and O–H groups in total. The van der Waals surface area contributed by atoms with Crippen molar-refractivity contribution in [1.82, 2.24) is 0 Å². The SMILES string of the molecule is COc1ccccc1NS(=O)(=O)c1cc(NC(=O)c2ccsc2)ccc1N1CCOCC1. The molecule has 0 radical (unpaired) electrons. The van der Waals surface area contributed by atoms with Gasteiger partial charge in [0.05, 0.1) is 37.3 Å². The van der Waals surface area contributed by atoms with E-state index in [2.05, 4.69) is 10.0 Å².